The number of aryl methyl sites for hydroxylation is 1. The average molecular weight is 307 g/mol. The second kappa shape index (κ2) is 6.44. The third kappa shape index (κ3) is 2.99. The molecule has 0 fully saturated rings. The zero-order valence-corrected chi connectivity index (χ0v) is 12.8. The van der Waals surface area contributed by atoms with Gasteiger partial charge in [-0.25, -0.2) is 0 Å². The summed E-state index contributed by atoms with van der Waals surface area (Å²) in [5, 5.41) is 3.31. The Balaban J connectivity index is 1.94. The van der Waals surface area contributed by atoms with Gasteiger partial charge in [0, 0.05) is 24.3 Å². The Morgan fingerprint density at radius 3 is 2.70 bits per heavy atom. The second-order valence-corrected chi connectivity index (χ2v) is 5.18. The quantitative estimate of drug-likeness (QED) is 0.804. The van der Waals surface area contributed by atoms with E-state index in [4.69, 9.17) is 0 Å². The molecule has 0 aliphatic rings. The number of pyridine rings is 2. The smallest absolute Gasteiger partial charge is 0.257 e. The minimum atomic E-state index is -0.381. The van der Waals surface area contributed by atoms with Crippen LogP contribution in [-0.2, 0) is 13.1 Å². The average Bonchev–Trinajstić information content (AvgIpc) is 2.61. The number of carbonyl (C=O) groups excluding carboxylic acids is 1. The molecule has 2 aromatic heterocycles. The predicted molar refractivity (Wildman–Crippen MR) is 89.3 cm³/mol. The standard InChI is InChI=1S/C18H17N3O2/c1-2-21-12-15(17(22)14-8-3-4-9-16(14)21)18(23)20-11-13-7-5-6-10-19-13/h3-10,12H,2,11H2,1H3,(H,20,23). The van der Waals surface area contributed by atoms with Gasteiger partial charge >= 0.3 is 0 Å². The molecule has 0 radical (unpaired) electrons. The Bertz CT molecular complexity index is 901. The van der Waals surface area contributed by atoms with E-state index in [-0.39, 0.29) is 23.4 Å². The lowest BCUT2D eigenvalue weighted by Gasteiger charge is -2.11. The summed E-state index contributed by atoms with van der Waals surface area (Å²) < 4.78 is 1.91. The van der Waals surface area contributed by atoms with Crippen LogP contribution in [-0.4, -0.2) is 15.5 Å². The number of nitrogens with zero attached hydrogens (tertiary/aromatic N) is 2. The molecule has 5 heteroatoms. The topological polar surface area (TPSA) is 64.0 Å². The summed E-state index contributed by atoms with van der Waals surface area (Å²) in [6, 6.07) is 12.8. The largest absolute Gasteiger partial charge is 0.347 e. The van der Waals surface area contributed by atoms with Gasteiger partial charge in [0.15, 0.2) is 0 Å². The summed E-state index contributed by atoms with van der Waals surface area (Å²) in [5.74, 6) is -0.381. The number of rotatable bonds is 4. The SMILES string of the molecule is CCn1cc(C(=O)NCc2ccccn2)c(=O)c2ccccc21. The highest BCUT2D eigenvalue weighted by Gasteiger charge is 2.14. The van der Waals surface area contributed by atoms with Crippen molar-refractivity contribution >= 4 is 16.8 Å². The molecule has 2 heterocycles. The highest BCUT2D eigenvalue weighted by Crippen LogP contribution is 2.11. The monoisotopic (exact) mass is 307 g/mol. The van der Waals surface area contributed by atoms with Crippen LogP contribution in [0.5, 0.6) is 0 Å². The van der Waals surface area contributed by atoms with E-state index in [1.165, 1.54) is 0 Å². The summed E-state index contributed by atoms with van der Waals surface area (Å²) >= 11 is 0. The third-order valence-electron chi connectivity index (χ3n) is 3.73. The summed E-state index contributed by atoms with van der Waals surface area (Å²) in [4.78, 5) is 29.1. The van der Waals surface area contributed by atoms with E-state index in [2.05, 4.69) is 10.3 Å². The lowest BCUT2D eigenvalue weighted by Crippen LogP contribution is -2.29. The molecular formula is C18H17N3O2. The molecule has 0 aliphatic carbocycles. The number of hydrogen-bond acceptors (Lipinski definition) is 3. The number of benzene rings is 1. The molecular weight excluding hydrogens is 290 g/mol. The first-order chi connectivity index (χ1) is 11.2. The van der Waals surface area contributed by atoms with Crippen molar-refractivity contribution < 1.29 is 4.79 Å². The van der Waals surface area contributed by atoms with Crippen LogP contribution in [0.25, 0.3) is 10.9 Å². The van der Waals surface area contributed by atoms with Gasteiger partial charge in [0.05, 0.1) is 17.8 Å². The number of carbonyl (C=O) groups is 1. The molecule has 0 unspecified atom stereocenters. The molecule has 3 rings (SSSR count). The summed E-state index contributed by atoms with van der Waals surface area (Å²) in [5.41, 5.74) is 1.49. The number of nitrogens with one attached hydrogen (secondary N) is 1. The molecule has 1 N–H and O–H groups in total. The number of para-hydroxylation sites is 1. The maximum atomic E-state index is 12.6. The first-order valence-corrected chi connectivity index (χ1v) is 7.51. The van der Waals surface area contributed by atoms with Gasteiger partial charge in [0.1, 0.15) is 5.56 Å². The first-order valence-electron chi connectivity index (χ1n) is 7.51. The Kier molecular flexibility index (Phi) is 4.19. The molecule has 23 heavy (non-hydrogen) atoms. The van der Waals surface area contributed by atoms with Crippen LogP contribution in [0.4, 0.5) is 0 Å². The van der Waals surface area contributed by atoms with Crippen LogP contribution in [0, 0.1) is 0 Å². The van der Waals surface area contributed by atoms with Crippen LogP contribution < -0.4 is 10.7 Å². The first kappa shape index (κ1) is 15.0. The number of hydrogen-bond donors (Lipinski definition) is 1. The lowest BCUT2D eigenvalue weighted by atomic mass is 10.1. The van der Waals surface area contributed by atoms with Gasteiger partial charge in [-0.05, 0) is 31.2 Å². The van der Waals surface area contributed by atoms with Crippen molar-refractivity contribution in [2.75, 3.05) is 0 Å². The van der Waals surface area contributed by atoms with E-state index >= 15 is 0 Å². The Morgan fingerprint density at radius 1 is 1.17 bits per heavy atom. The molecule has 0 bridgehead atoms. The molecule has 0 spiro atoms. The minimum Gasteiger partial charge on any atom is -0.347 e. The lowest BCUT2D eigenvalue weighted by molar-refractivity contribution is 0.0949. The van der Waals surface area contributed by atoms with Crippen LogP contribution >= 0.6 is 0 Å². The summed E-state index contributed by atoms with van der Waals surface area (Å²) in [7, 11) is 0. The highest BCUT2D eigenvalue weighted by atomic mass is 16.2. The van der Waals surface area contributed by atoms with Crippen molar-refractivity contribution in [3.05, 3.63) is 76.3 Å². The number of amides is 1. The van der Waals surface area contributed by atoms with Crippen molar-refractivity contribution in [1.82, 2.24) is 14.9 Å². The van der Waals surface area contributed by atoms with Gasteiger partial charge in [0.25, 0.3) is 5.91 Å². The third-order valence-corrected chi connectivity index (χ3v) is 3.73. The minimum absolute atomic E-state index is 0.154. The van der Waals surface area contributed by atoms with E-state index in [0.717, 1.165) is 11.2 Å². The van der Waals surface area contributed by atoms with Gasteiger partial charge in [-0.1, -0.05) is 18.2 Å². The van der Waals surface area contributed by atoms with Crippen molar-refractivity contribution in [3.63, 3.8) is 0 Å². The van der Waals surface area contributed by atoms with E-state index < -0.39 is 0 Å². The fourth-order valence-corrected chi connectivity index (χ4v) is 2.54. The van der Waals surface area contributed by atoms with Crippen LogP contribution in [0.15, 0.2) is 59.7 Å². The van der Waals surface area contributed by atoms with E-state index in [1.807, 2.05) is 41.8 Å². The Hall–Kier alpha value is -2.95. The zero-order valence-electron chi connectivity index (χ0n) is 12.8. The van der Waals surface area contributed by atoms with Gasteiger partial charge in [-0.3, -0.25) is 14.6 Å². The summed E-state index contributed by atoms with van der Waals surface area (Å²) in [6.07, 6.45) is 3.29. The molecule has 0 atom stereocenters. The van der Waals surface area contributed by atoms with Gasteiger partial charge in [-0.2, -0.15) is 0 Å². The molecule has 0 aliphatic heterocycles. The van der Waals surface area contributed by atoms with Crippen molar-refractivity contribution in [2.24, 2.45) is 0 Å². The fraction of sp³-hybridized carbons (Fsp3) is 0.167. The van der Waals surface area contributed by atoms with E-state index in [0.29, 0.717) is 11.9 Å². The van der Waals surface area contributed by atoms with Crippen LogP contribution in [0.1, 0.15) is 23.0 Å². The zero-order chi connectivity index (χ0) is 16.2. The van der Waals surface area contributed by atoms with E-state index in [1.54, 1.807) is 24.5 Å². The number of fused-ring (bicyclic) bond motifs is 1. The van der Waals surface area contributed by atoms with Crippen molar-refractivity contribution in [2.45, 2.75) is 20.0 Å². The van der Waals surface area contributed by atoms with Crippen molar-refractivity contribution in [3.8, 4) is 0 Å². The molecule has 0 saturated carbocycles. The normalized spacial score (nSPS) is 10.7. The highest BCUT2D eigenvalue weighted by molar-refractivity contribution is 5.97. The fourth-order valence-electron chi connectivity index (χ4n) is 2.54. The van der Waals surface area contributed by atoms with Gasteiger partial charge < -0.3 is 9.88 Å². The molecule has 116 valence electrons. The molecule has 5 nitrogen and oxygen atoms in total. The van der Waals surface area contributed by atoms with Gasteiger partial charge in [-0.15, -0.1) is 0 Å². The predicted octanol–water partition coefficient (Wildman–Crippen LogP) is 2.35. The van der Waals surface area contributed by atoms with Crippen molar-refractivity contribution in [1.29, 1.82) is 0 Å². The van der Waals surface area contributed by atoms with Crippen LogP contribution in [0.3, 0.4) is 0 Å². The number of aromatic nitrogens is 2. The molecule has 1 aromatic carbocycles. The maximum Gasteiger partial charge on any atom is 0.257 e. The van der Waals surface area contributed by atoms with Gasteiger partial charge in [0.2, 0.25) is 5.43 Å². The molecule has 1 amide bonds. The second-order valence-electron chi connectivity index (χ2n) is 5.18. The maximum absolute atomic E-state index is 12.6. The summed E-state index contributed by atoms with van der Waals surface area (Å²) in [6.45, 7) is 2.95. The Morgan fingerprint density at radius 2 is 1.96 bits per heavy atom. The molecule has 3 aromatic rings. The van der Waals surface area contributed by atoms with Crippen LogP contribution in [0.2, 0.25) is 0 Å². The van der Waals surface area contributed by atoms with E-state index in [9.17, 15) is 9.59 Å². The molecule has 0 saturated heterocycles. The Labute approximate surface area is 133 Å².